The molecule has 0 spiro atoms. The van der Waals surface area contributed by atoms with Crippen LogP contribution in [0.1, 0.15) is 52.5 Å². The molecule has 0 radical (unpaired) electrons. The van der Waals surface area contributed by atoms with Crippen molar-refractivity contribution in [2.75, 3.05) is 24.5 Å². The van der Waals surface area contributed by atoms with Crippen LogP contribution in [0.2, 0.25) is 0 Å². The Bertz CT molecular complexity index is 433. The van der Waals surface area contributed by atoms with E-state index in [1.165, 1.54) is 43.5 Å². The van der Waals surface area contributed by atoms with Crippen LogP contribution in [-0.2, 0) is 6.42 Å². The molecule has 1 aromatic carbocycles. The molecule has 0 fully saturated rings. The first-order chi connectivity index (χ1) is 10.0. The fraction of sp³-hybridized carbons (Fsp3) is 0.684. The Labute approximate surface area is 130 Å². The molecule has 1 heterocycles. The summed E-state index contributed by atoms with van der Waals surface area (Å²) in [6, 6.07) is 9.50. The van der Waals surface area contributed by atoms with Crippen LogP contribution in [0.25, 0.3) is 0 Å². The zero-order valence-corrected chi connectivity index (χ0v) is 14.3. The predicted octanol–water partition coefficient (Wildman–Crippen LogP) is 4.24. The number of benzene rings is 1. The van der Waals surface area contributed by atoms with Crippen LogP contribution in [-0.4, -0.2) is 25.7 Å². The quantitative estimate of drug-likeness (QED) is 0.871. The van der Waals surface area contributed by atoms with Crippen molar-refractivity contribution in [1.82, 2.24) is 5.32 Å². The summed E-state index contributed by atoms with van der Waals surface area (Å²) in [5.74, 6) is 0. The van der Waals surface area contributed by atoms with E-state index in [-0.39, 0.29) is 5.41 Å². The van der Waals surface area contributed by atoms with Crippen molar-refractivity contribution in [2.24, 2.45) is 5.41 Å². The summed E-state index contributed by atoms with van der Waals surface area (Å²) in [5, 5.41) is 3.77. The van der Waals surface area contributed by atoms with Gasteiger partial charge >= 0.3 is 0 Å². The van der Waals surface area contributed by atoms with Crippen molar-refractivity contribution in [2.45, 2.75) is 59.4 Å². The second-order valence-electron chi connectivity index (χ2n) is 7.40. The third kappa shape index (κ3) is 4.47. The number of nitrogens with zero attached hydrogens (tertiary/aromatic N) is 1. The molecule has 1 aromatic rings. The van der Waals surface area contributed by atoms with E-state index in [4.69, 9.17) is 0 Å². The van der Waals surface area contributed by atoms with Crippen molar-refractivity contribution < 1.29 is 0 Å². The van der Waals surface area contributed by atoms with Gasteiger partial charge in [-0.05, 0) is 49.3 Å². The Balaban J connectivity index is 2.16. The van der Waals surface area contributed by atoms with Gasteiger partial charge in [0.2, 0.25) is 0 Å². The van der Waals surface area contributed by atoms with Crippen LogP contribution < -0.4 is 10.2 Å². The molecule has 2 heteroatoms. The number of anilines is 1. The molecular formula is C19H32N2. The van der Waals surface area contributed by atoms with E-state index in [0.29, 0.717) is 6.04 Å². The lowest BCUT2D eigenvalue weighted by Crippen LogP contribution is -2.49. The second kappa shape index (κ2) is 7.31. The average molecular weight is 288 g/mol. The zero-order chi connectivity index (χ0) is 15.3. The lowest BCUT2D eigenvalue weighted by Gasteiger charge is -2.37. The molecule has 1 unspecified atom stereocenters. The molecule has 0 saturated carbocycles. The Kier molecular flexibility index (Phi) is 5.69. The molecule has 2 rings (SSSR count). The normalized spacial score (nSPS) is 17.2. The summed E-state index contributed by atoms with van der Waals surface area (Å²) >= 11 is 0. The summed E-state index contributed by atoms with van der Waals surface area (Å²) in [6.45, 7) is 12.7. The van der Waals surface area contributed by atoms with Gasteiger partial charge in [-0.25, -0.2) is 0 Å². The van der Waals surface area contributed by atoms with E-state index in [1.54, 1.807) is 0 Å². The molecule has 0 saturated heterocycles. The maximum atomic E-state index is 3.77. The number of fused-ring (bicyclic) bond motifs is 1. The maximum absolute atomic E-state index is 3.77. The number of hydrogen-bond acceptors (Lipinski definition) is 2. The predicted molar refractivity (Wildman–Crippen MR) is 93.1 cm³/mol. The minimum atomic E-state index is 0.288. The van der Waals surface area contributed by atoms with Gasteiger partial charge in [0.05, 0.1) is 0 Å². The van der Waals surface area contributed by atoms with E-state index < -0.39 is 0 Å². The Morgan fingerprint density at radius 3 is 2.67 bits per heavy atom. The van der Waals surface area contributed by atoms with Crippen molar-refractivity contribution >= 4 is 5.69 Å². The van der Waals surface area contributed by atoms with Crippen molar-refractivity contribution in [3.8, 4) is 0 Å². The summed E-state index contributed by atoms with van der Waals surface area (Å²) in [4.78, 5) is 2.61. The van der Waals surface area contributed by atoms with E-state index in [9.17, 15) is 0 Å². The SMILES string of the molecule is CCCNC(CN1CCCCc2ccccc21)C(C)(C)C. The molecule has 0 bridgehead atoms. The van der Waals surface area contributed by atoms with Crippen LogP contribution in [0.3, 0.4) is 0 Å². The molecule has 21 heavy (non-hydrogen) atoms. The number of rotatable bonds is 5. The molecule has 0 aromatic heterocycles. The number of hydrogen-bond donors (Lipinski definition) is 1. The summed E-state index contributed by atoms with van der Waals surface area (Å²) < 4.78 is 0. The maximum Gasteiger partial charge on any atom is 0.0399 e. The molecule has 0 amide bonds. The van der Waals surface area contributed by atoms with Gasteiger partial charge in [0.1, 0.15) is 0 Å². The van der Waals surface area contributed by atoms with Gasteiger partial charge in [-0.2, -0.15) is 0 Å². The highest BCUT2D eigenvalue weighted by molar-refractivity contribution is 5.54. The number of aryl methyl sites for hydroxylation is 1. The van der Waals surface area contributed by atoms with Gasteiger partial charge in [0, 0.05) is 24.8 Å². The molecule has 118 valence electrons. The van der Waals surface area contributed by atoms with Crippen LogP contribution in [0.15, 0.2) is 24.3 Å². The van der Waals surface area contributed by atoms with Crippen molar-refractivity contribution in [1.29, 1.82) is 0 Å². The third-order valence-corrected chi connectivity index (χ3v) is 4.55. The fourth-order valence-corrected chi connectivity index (χ4v) is 3.14. The van der Waals surface area contributed by atoms with Gasteiger partial charge in [-0.3, -0.25) is 0 Å². The monoisotopic (exact) mass is 288 g/mol. The van der Waals surface area contributed by atoms with Crippen LogP contribution in [0.5, 0.6) is 0 Å². The Morgan fingerprint density at radius 2 is 1.95 bits per heavy atom. The van der Waals surface area contributed by atoms with E-state index in [2.05, 4.69) is 62.2 Å². The standard InChI is InChI=1S/C19H32N2/c1-5-13-20-18(19(2,3)4)15-21-14-9-8-11-16-10-6-7-12-17(16)21/h6-7,10,12,18,20H,5,8-9,11,13-15H2,1-4H3. The highest BCUT2D eigenvalue weighted by Gasteiger charge is 2.27. The number of nitrogens with one attached hydrogen (secondary N) is 1. The van der Waals surface area contributed by atoms with Crippen molar-refractivity contribution in [3.05, 3.63) is 29.8 Å². The Morgan fingerprint density at radius 1 is 1.19 bits per heavy atom. The smallest absolute Gasteiger partial charge is 0.0399 e. The molecular weight excluding hydrogens is 256 g/mol. The zero-order valence-electron chi connectivity index (χ0n) is 14.3. The highest BCUT2D eigenvalue weighted by Crippen LogP contribution is 2.28. The minimum absolute atomic E-state index is 0.288. The highest BCUT2D eigenvalue weighted by atomic mass is 15.2. The molecule has 1 N–H and O–H groups in total. The third-order valence-electron chi connectivity index (χ3n) is 4.55. The van der Waals surface area contributed by atoms with E-state index >= 15 is 0 Å². The average Bonchev–Trinajstić information content (AvgIpc) is 2.64. The molecule has 1 aliphatic heterocycles. The van der Waals surface area contributed by atoms with Gasteiger partial charge < -0.3 is 10.2 Å². The summed E-state index contributed by atoms with van der Waals surface area (Å²) in [6.07, 6.45) is 5.05. The van der Waals surface area contributed by atoms with Gasteiger partial charge in [0.25, 0.3) is 0 Å². The molecule has 0 aliphatic carbocycles. The van der Waals surface area contributed by atoms with Gasteiger partial charge in [-0.1, -0.05) is 45.9 Å². The fourth-order valence-electron chi connectivity index (χ4n) is 3.14. The molecule has 1 aliphatic rings. The van der Waals surface area contributed by atoms with Gasteiger partial charge in [-0.15, -0.1) is 0 Å². The van der Waals surface area contributed by atoms with Crippen molar-refractivity contribution in [3.63, 3.8) is 0 Å². The topological polar surface area (TPSA) is 15.3 Å². The molecule has 1 atom stereocenters. The summed E-state index contributed by atoms with van der Waals surface area (Å²) in [7, 11) is 0. The first-order valence-corrected chi connectivity index (χ1v) is 8.58. The van der Waals surface area contributed by atoms with E-state index in [1.807, 2.05) is 0 Å². The first kappa shape index (κ1) is 16.4. The van der Waals surface area contributed by atoms with Crippen LogP contribution >= 0.6 is 0 Å². The lowest BCUT2D eigenvalue weighted by molar-refractivity contribution is 0.270. The Hall–Kier alpha value is -1.02. The number of para-hydroxylation sites is 1. The lowest BCUT2D eigenvalue weighted by atomic mass is 9.86. The first-order valence-electron chi connectivity index (χ1n) is 8.58. The minimum Gasteiger partial charge on any atom is -0.370 e. The van der Waals surface area contributed by atoms with Crippen LogP contribution in [0, 0.1) is 5.41 Å². The molecule has 2 nitrogen and oxygen atoms in total. The van der Waals surface area contributed by atoms with E-state index in [0.717, 1.165) is 13.1 Å². The van der Waals surface area contributed by atoms with Crippen LogP contribution in [0.4, 0.5) is 5.69 Å². The largest absolute Gasteiger partial charge is 0.370 e. The van der Waals surface area contributed by atoms with Gasteiger partial charge in [0.15, 0.2) is 0 Å². The second-order valence-corrected chi connectivity index (χ2v) is 7.40. The summed E-state index contributed by atoms with van der Waals surface area (Å²) in [5.41, 5.74) is 3.27.